The summed E-state index contributed by atoms with van der Waals surface area (Å²) in [6.45, 7) is 0. The average Bonchev–Trinajstić information content (AvgIpc) is 3.62. The third kappa shape index (κ3) is 5.62. The summed E-state index contributed by atoms with van der Waals surface area (Å²) in [7, 11) is 0. The molecule has 1 heterocycles. The number of para-hydroxylation sites is 2. The van der Waals surface area contributed by atoms with Crippen molar-refractivity contribution in [3.63, 3.8) is 0 Å². The van der Waals surface area contributed by atoms with Gasteiger partial charge in [-0.05, 0) is 98.2 Å². The Morgan fingerprint density at radius 3 is 1.70 bits per heavy atom. The number of fused-ring (bicyclic) bond motifs is 4. The largest absolute Gasteiger partial charge is 0.456 e. The van der Waals surface area contributed by atoms with Crippen molar-refractivity contribution in [1.29, 1.82) is 0 Å². The molecule has 10 rings (SSSR count). The van der Waals surface area contributed by atoms with E-state index in [4.69, 9.17) is 4.42 Å². The molecule has 0 radical (unpaired) electrons. The molecule has 2 heteroatoms. The zero-order chi connectivity index (χ0) is 35.8. The van der Waals surface area contributed by atoms with Crippen LogP contribution >= 0.6 is 0 Å². The van der Waals surface area contributed by atoms with Gasteiger partial charge in [0.15, 0.2) is 0 Å². The SMILES string of the molecule is c1ccc(-c2ccccc2-c2ccccc2-c2ccccc2N(c2cccc(-c3ccc4ccccc4c3)c2)c2ccc3oc4ccccc4c3c2)cc1. The predicted octanol–water partition coefficient (Wildman–Crippen LogP) is 14.9. The first-order valence-corrected chi connectivity index (χ1v) is 18.4. The van der Waals surface area contributed by atoms with Gasteiger partial charge < -0.3 is 9.32 Å². The maximum Gasteiger partial charge on any atom is 0.135 e. The minimum atomic E-state index is 0.876. The Hall–Kier alpha value is -7.16. The quantitative estimate of drug-likeness (QED) is 0.166. The second-order valence-corrected chi connectivity index (χ2v) is 13.7. The molecule has 0 unspecified atom stereocenters. The number of furan rings is 1. The van der Waals surface area contributed by atoms with E-state index in [1.807, 2.05) is 12.1 Å². The molecular weight excluding hydrogens is 655 g/mol. The molecule has 0 bridgehead atoms. The molecule has 0 aliphatic carbocycles. The molecule has 0 fully saturated rings. The highest BCUT2D eigenvalue weighted by atomic mass is 16.3. The van der Waals surface area contributed by atoms with Crippen LogP contribution in [0.4, 0.5) is 17.1 Å². The maximum atomic E-state index is 6.30. The van der Waals surface area contributed by atoms with E-state index in [0.717, 1.165) is 50.1 Å². The van der Waals surface area contributed by atoms with Crippen LogP contribution in [0.3, 0.4) is 0 Å². The molecule has 2 nitrogen and oxygen atoms in total. The number of hydrogen-bond donors (Lipinski definition) is 0. The Kier molecular flexibility index (Phi) is 7.85. The predicted molar refractivity (Wildman–Crippen MR) is 228 cm³/mol. The van der Waals surface area contributed by atoms with Crippen molar-refractivity contribution < 1.29 is 4.42 Å². The Bertz CT molecular complexity index is 2960. The minimum Gasteiger partial charge on any atom is -0.456 e. The van der Waals surface area contributed by atoms with Crippen LogP contribution in [0.1, 0.15) is 0 Å². The van der Waals surface area contributed by atoms with Gasteiger partial charge in [0.1, 0.15) is 11.2 Å². The summed E-state index contributed by atoms with van der Waals surface area (Å²) in [6.07, 6.45) is 0. The summed E-state index contributed by atoms with van der Waals surface area (Å²) in [5.74, 6) is 0. The van der Waals surface area contributed by atoms with Gasteiger partial charge in [-0.15, -0.1) is 0 Å². The molecule has 0 aliphatic heterocycles. The summed E-state index contributed by atoms with van der Waals surface area (Å²) in [5.41, 5.74) is 14.4. The van der Waals surface area contributed by atoms with Crippen LogP contribution in [0.25, 0.3) is 77.2 Å². The highest BCUT2D eigenvalue weighted by Crippen LogP contribution is 2.46. The fourth-order valence-electron chi connectivity index (χ4n) is 7.91. The standard InChI is InChI=1S/C52H35NO/c1-2-16-37(17-3-1)43-21-6-7-22-44(43)45-23-8-9-24-46(45)47-25-10-12-27-50(47)53(42-31-32-52-49(35-42)48-26-11-13-28-51(48)54-52)41-20-14-19-39(34-41)40-30-29-36-15-4-5-18-38(36)33-40/h1-35H. The van der Waals surface area contributed by atoms with Gasteiger partial charge in [-0.2, -0.15) is 0 Å². The highest BCUT2D eigenvalue weighted by Gasteiger charge is 2.21. The first-order valence-electron chi connectivity index (χ1n) is 18.4. The molecule has 0 saturated heterocycles. The number of anilines is 3. The summed E-state index contributed by atoms with van der Waals surface area (Å²) in [6, 6.07) is 76.0. The summed E-state index contributed by atoms with van der Waals surface area (Å²) < 4.78 is 6.30. The molecule has 0 N–H and O–H groups in total. The van der Waals surface area contributed by atoms with Crippen LogP contribution in [0.2, 0.25) is 0 Å². The van der Waals surface area contributed by atoms with Gasteiger partial charge in [0.05, 0.1) is 5.69 Å². The monoisotopic (exact) mass is 689 g/mol. The van der Waals surface area contributed by atoms with E-state index in [1.54, 1.807) is 0 Å². The molecule has 10 aromatic rings. The van der Waals surface area contributed by atoms with Crippen molar-refractivity contribution in [2.75, 3.05) is 4.90 Å². The van der Waals surface area contributed by atoms with Gasteiger partial charge in [0.25, 0.3) is 0 Å². The van der Waals surface area contributed by atoms with Crippen LogP contribution in [-0.2, 0) is 0 Å². The average molecular weight is 690 g/mol. The lowest BCUT2D eigenvalue weighted by molar-refractivity contribution is 0.669. The van der Waals surface area contributed by atoms with E-state index in [0.29, 0.717) is 0 Å². The second kappa shape index (κ2) is 13.4. The lowest BCUT2D eigenvalue weighted by Gasteiger charge is -2.29. The third-order valence-electron chi connectivity index (χ3n) is 10.5. The zero-order valence-corrected chi connectivity index (χ0v) is 29.6. The fraction of sp³-hybridized carbons (Fsp3) is 0. The lowest BCUT2D eigenvalue weighted by Crippen LogP contribution is -2.11. The van der Waals surface area contributed by atoms with E-state index < -0.39 is 0 Å². The van der Waals surface area contributed by atoms with Crippen LogP contribution < -0.4 is 4.90 Å². The minimum absolute atomic E-state index is 0.876. The number of hydrogen-bond acceptors (Lipinski definition) is 2. The fourth-order valence-corrected chi connectivity index (χ4v) is 7.91. The first kappa shape index (κ1) is 31.6. The molecule has 0 saturated carbocycles. The van der Waals surface area contributed by atoms with E-state index in [1.165, 1.54) is 44.2 Å². The van der Waals surface area contributed by atoms with Gasteiger partial charge in [0, 0.05) is 27.7 Å². The molecule has 0 amide bonds. The van der Waals surface area contributed by atoms with E-state index in [-0.39, 0.29) is 0 Å². The van der Waals surface area contributed by atoms with Crippen molar-refractivity contribution in [2.24, 2.45) is 0 Å². The molecule has 9 aromatic carbocycles. The normalized spacial score (nSPS) is 11.3. The topological polar surface area (TPSA) is 16.4 Å². The maximum absolute atomic E-state index is 6.30. The molecule has 0 spiro atoms. The number of nitrogens with zero attached hydrogens (tertiary/aromatic N) is 1. The van der Waals surface area contributed by atoms with E-state index in [2.05, 4.69) is 205 Å². The van der Waals surface area contributed by atoms with Gasteiger partial charge in [-0.3, -0.25) is 0 Å². The number of rotatable bonds is 7. The van der Waals surface area contributed by atoms with E-state index >= 15 is 0 Å². The van der Waals surface area contributed by atoms with Gasteiger partial charge in [-0.1, -0.05) is 164 Å². The molecule has 0 aliphatic rings. The first-order chi connectivity index (χ1) is 26.8. The Morgan fingerprint density at radius 1 is 0.296 bits per heavy atom. The molecule has 54 heavy (non-hydrogen) atoms. The highest BCUT2D eigenvalue weighted by molar-refractivity contribution is 6.07. The smallest absolute Gasteiger partial charge is 0.135 e. The Morgan fingerprint density at radius 2 is 0.870 bits per heavy atom. The third-order valence-corrected chi connectivity index (χ3v) is 10.5. The van der Waals surface area contributed by atoms with Crippen molar-refractivity contribution in [2.45, 2.75) is 0 Å². The Labute approximate surface area is 314 Å². The second-order valence-electron chi connectivity index (χ2n) is 13.7. The van der Waals surface area contributed by atoms with Crippen molar-refractivity contribution in [1.82, 2.24) is 0 Å². The van der Waals surface area contributed by atoms with Gasteiger partial charge in [-0.25, -0.2) is 0 Å². The van der Waals surface area contributed by atoms with Gasteiger partial charge >= 0.3 is 0 Å². The Balaban J connectivity index is 1.19. The lowest BCUT2D eigenvalue weighted by atomic mass is 9.88. The number of benzene rings is 9. The van der Waals surface area contributed by atoms with Crippen LogP contribution in [0, 0.1) is 0 Å². The van der Waals surface area contributed by atoms with Crippen molar-refractivity contribution >= 4 is 49.8 Å². The van der Waals surface area contributed by atoms with Crippen LogP contribution in [0.5, 0.6) is 0 Å². The zero-order valence-electron chi connectivity index (χ0n) is 29.6. The molecule has 1 aromatic heterocycles. The van der Waals surface area contributed by atoms with E-state index in [9.17, 15) is 0 Å². The molecular formula is C52H35NO. The summed E-state index contributed by atoms with van der Waals surface area (Å²) >= 11 is 0. The molecule has 254 valence electrons. The van der Waals surface area contributed by atoms with Crippen molar-refractivity contribution in [3.05, 3.63) is 212 Å². The van der Waals surface area contributed by atoms with Gasteiger partial charge in [0.2, 0.25) is 0 Å². The summed E-state index contributed by atoms with van der Waals surface area (Å²) in [5, 5.41) is 4.66. The summed E-state index contributed by atoms with van der Waals surface area (Å²) in [4.78, 5) is 2.40. The molecule has 0 atom stereocenters. The van der Waals surface area contributed by atoms with Crippen LogP contribution in [-0.4, -0.2) is 0 Å². The van der Waals surface area contributed by atoms with Crippen LogP contribution in [0.15, 0.2) is 217 Å². The van der Waals surface area contributed by atoms with Crippen molar-refractivity contribution in [3.8, 4) is 44.5 Å².